The summed E-state index contributed by atoms with van der Waals surface area (Å²) in [5.41, 5.74) is 5.99. The fourth-order valence-electron chi connectivity index (χ4n) is 4.09. The molecule has 15 heteroatoms. The molecule has 0 saturated carbocycles. The number of rotatable bonds is 4. The van der Waals surface area contributed by atoms with E-state index in [0.29, 0.717) is 0 Å². The molecule has 5 rings (SSSR count). The summed E-state index contributed by atoms with van der Waals surface area (Å²) < 4.78 is 70.9. The average Bonchev–Trinajstić information content (AvgIpc) is 3.59. The number of halogens is 6. The summed E-state index contributed by atoms with van der Waals surface area (Å²) in [5.74, 6) is -5.51. The Balaban J connectivity index is 0.000000289. The van der Waals surface area contributed by atoms with Crippen LogP contribution in [0.25, 0.3) is 16.6 Å². The molecule has 4 aromatic rings. The summed E-state index contributed by atoms with van der Waals surface area (Å²) in [6.07, 6.45) is -2.46. The number of piperazine rings is 1. The number of carboxylic acid groups (broad SMARTS) is 2. The van der Waals surface area contributed by atoms with Gasteiger partial charge in [-0.2, -0.15) is 26.3 Å². The third-order valence-corrected chi connectivity index (χ3v) is 6.19. The van der Waals surface area contributed by atoms with Crippen LogP contribution >= 0.6 is 0 Å². The van der Waals surface area contributed by atoms with E-state index >= 15 is 0 Å². The van der Waals surface area contributed by atoms with Crippen molar-refractivity contribution in [1.82, 2.24) is 19.2 Å². The highest BCUT2D eigenvalue weighted by Crippen LogP contribution is 2.29. The Morgan fingerprint density at radius 3 is 2.10 bits per heavy atom. The Bertz CT molecular complexity index is 1430. The Morgan fingerprint density at radius 1 is 0.929 bits per heavy atom. The number of fused-ring (bicyclic) bond motifs is 1. The van der Waals surface area contributed by atoms with Gasteiger partial charge in [0.05, 0.1) is 36.1 Å². The lowest BCUT2D eigenvalue weighted by Crippen LogP contribution is -2.46. The molecule has 0 aliphatic carbocycles. The first kappa shape index (κ1) is 32.1. The molecule has 3 aromatic heterocycles. The van der Waals surface area contributed by atoms with Crippen molar-refractivity contribution in [2.24, 2.45) is 0 Å². The Labute approximate surface area is 235 Å². The van der Waals surface area contributed by atoms with E-state index in [1.807, 2.05) is 24.7 Å². The molecule has 226 valence electrons. The minimum Gasteiger partial charge on any atom is -0.475 e. The van der Waals surface area contributed by atoms with Crippen LogP contribution in [0.1, 0.15) is 17.3 Å². The van der Waals surface area contributed by atoms with Crippen molar-refractivity contribution >= 4 is 17.5 Å². The van der Waals surface area contributed by atoms with Gasteiger partial charge >= 0.3 is 24.3 Å². The number of hydrogen-bond acceptors (Lipinski definition) is 6. The van der Waals surface area contributed by atoms with Crippen molar-refractivity contribution in [2.75, 3.05) is 26.7 Å². The standard InChI is InChI=1S/C23H24N4O.2C2HF3O2/c1-25-10-11-26(13-18-9-12-28-16-18)15-22(25)23-21-8-7-20(14-27(21)17-24-23)19-5-3-2-4-6-19;2*3-2(4,5)1(6)7/h2-9,12,14,16-17,22H,10-11,13,15H2,1H3;2*(H,6,7). The molecule has 0 spiro atoms. The highest BCUT2D eigenvalue weighted by molar-refractivity contribution is 5.73. The van der Waals surface area contributed by atoms with Crippen LogP contribution in [-0.2, 0) is 16.1 Å². The number of carbonyl (C=O) groups is 2. The topological polar surface area (TPSA) is 112 Å². The van der Waals surface area contributed by atoms with Gasteiger partial charge < -0.3 is 19.0 Å². The van der Waals surface area contributed by atoms with Crippen LogP contribution in [0, 0.1) is 0 Å². The van der Waals surface area contributed by atoms with E-state index in [1.165, 1.54) is 22.2 Å². The zero-order chi connectivity index (χ0) is 31.1. The van der Waals surface area contributed by atoms with Crippen LogP contribution in [0.2, 0.25) is 0 Å². The molecule has 0 radical (unpaired) electrons. The largest absolute Gasteiger partial charge is 0.490 e. The zero-order valence-electron chi connectivity index (χ0n) is 22.0. The molecule has 1 fully saturated rings. The van der Waals surface area contributed by atoms with Gasteiger partial charge in [-0.25, -0.2) is 14.6 Å². The summed E-state index contributed by atoms with van der Waals surface area (Å²) in [6, 6.07) is 17.2. The third kappa shape index (κ3) is 8.81. The van der Waals surface area contributed by atoms with Gasteiger partial charge in [-0.1, -0.05) is 36.4 Å². The van der Waals surface area contributed by atoms with Crippen LogP contribution in [-0.4, -0.2) is 80.4 Å². The number of pyridine rings is 1. The predicted molar refractivity (Wildman–Crippen MR) is 137 cm³/mol. The molecule has 1 aliphatic rings. The number of aromatic nitrogens is 2. The number of furan rings is 1. The first-order valence-corrected chi connectivity index (χ1v) is 12.2. The van der Waals surface area contributed by atoms with Gasteiger partial charge in [-0.05, 0) is 30.3 Å². The Morgan fingerprint density at radius 2 is 1.55 bits per heavy atom. The second kappa shape index (κ2) is 13.5. The Kier molecular flexibility index (Phi) is 10.4. The normalized spacial score (nSPS) is 16.2. The van der Waals surface area contributed by atoms with Gasteiger partial charge in [0.1, 0.15) is 0 Å². The van der Waals surface area contributed by atoms with Gasteiger partial charge in [0, 0.05) is 37.9 Å². The second-order valence-electron chi connectivity index (χ2n) is 9.18. The fraction of sp³-hybridized carbons (Fsp3) is 0.296. The summed E-state index contributed by atoms with van der Waals surface area (Å²) >= 11 is 0. The van der Waals surface area contributed by atoms with Gasteiger partial charge in [0.15, 0.2) is 0 Å². The van der Waals surface area contributed by atoms with Crippen LogP contribution in [0.5, 0.6) is 0 Å². The number of aliphatic carboxylic acids is 2. The van der Waals surface area contributed by atoms with Crippen LogP contribution < -0.4 is 0 Å². The number of hydrogen-bond donors (Lipinski definition) is 2. The number of nitrogens with zero attached hydrogens (tertiary/aromatic N) is 4. The maximum absolute atomic E-state index is 10.6. The summed E-state index contributed by atoms with van der Waals surface area (Å²) in [6.45, 7) is 3.98. The molecule has 1 unspecified atom stereocenters. The zero-order valence-corrected chi connectivity index (χ0v) is 22.0. The van der Waals surface area contributed by atoms with Crippen molar-refractivity contribution in [3.8, 4) is 11.1 Å². The highest BCUT2D eigenvalue weighted by Gasteiger charge is 2.39. The van der Waals surface area contributed by atoms with Crippen molar-refractivity contribution in [2.45, 2.75) is 24.9 Å². The van der Waals surface area contributed by atoms with Crippen molar-refractivity contribution < 1.29 is 50.6 Å². The lowest BCUT2D eigenvalue weighted by molar-refractivity contribution is -0.193. The van der Waals surface area contributed by atoms with Crippen LogP contribution in [0.15, 0.2) is 78.0 Å². The maximum atomic E-state index is 10.6. The van der Waals surface area contributed by atoms with Gasteiger partial charge in [-0.3, -0.25) is 9.80 Å². The lowest BCUT2D eigenvalue weighted by atomic mass is 10.1. The molecule has 0 amide bonds. The number of likely N-dealkylation sites (N-methyl/N-ethyl adjacent to an activating group) is 1. The van der Waals surface area contributed by atoms with E-state index in [-0.39, 0.29) is 6.04 Å². The van der Waals surface area contributed by atoms with Gasteiger partial charge in [-0.15, -0.1) is 0 Å². The number of benzene rings is 1. The van der Waals surface area contributed by atoms with E-state index in [0.717, 1.165) is 31.9 Å². The number of imidazole rings is 1. The molecule has 2 N–H and O–H groups in total. The van der Waals surface area contributed by atoms with E-state index in [1.54, 1.807) is 6.26 Å². The first-order chi connectivity index (χ1) is 19.7. The lowest BCUT2D eigenvalue weighted by Gasteiger charge is -2.38. The monoisotopic (exact) mass is 600 g/mol. The van der Waals surface area contributed by atoms with E-state index < -0.39 is 24.3 Å². The van der Waals surface area contributed by atoms with Crippen LogP contribution in [0.3, 0.4) is 0 Å². The number of carboxylic acids is 2. The molecule has 1 aromatic carbocycles. The van der Waals surface area contributed by atoms with E-state index in [4.69, 9.17) is 29.2 Å². The molecule has 1 saturated heterocycles. The quantitative estimate of drug-likeness (QED) is 0.302. The predicted octanol–water partition coefficient (Wildman–Crippen LogP) is 5.35. The van der Waals surface area contributed by atoms with Crippen LogP contribution in [0.4, 0.5) is 26.3 Å². The summed E-state index contributed by atoms with van der Waals surface area (Å²) in [7, 11) is 2.20. The maximum Gasteiger partial charge on any atom is 0.490 e. The van der Waals surface area contributed by atoms with Gasteiger partial charge in [0.2, 0.25) is 0 Å². The molecule has 1 atom stereocenters. The van der Waals surface area contributed by atoms with Gasteiger partial charge in [0.25, 0.3) is 0 Å². The molecule has 0 bridgehead atoms. The minimum absolute atomic E-state index is 0.285. The van der Waals surface area contributed by atoms with Crippen molar-refractivity contribution in [3.63, 3.8) is 0 Å². The smallest absolute Gasteiger partial charge is 0.475 e. The molecule has 1 aliphatic heterocycles. The van der Waals surface area contributed by atoms with E-state index in [9.17, 15) is 26.3 Å². The molecule has 42 heavy (non-hydrogen) atoms. The first-order valence-electron chi connectivity index (χ1n) is 12.2. The highest BCUT2D eigenvalue weighted by atomic mass is 19.4. The Hall–Kier alpha value is -4.37. The second-order valence-corrected chi connectivity index (χ2v) is 9.18. The van der Waals surface area contributed by atoms with E-state index in [2.05, 4.69) is 63.8 Å². The molecular weight excluding hydrogens is 574 g/mol. The fourth-order valence-corrected chi connectivity index (χ4v) is 4.09. The SMILES string of the molecule is CN1CCN(Cc2ccoc2)CC1c1ncn2cc(-c3ccccc3)ccc12.O=C(O)C(F)(F)F.O=C(O)C(F)(F)F. The molecule has 9 nitrogen and oxygen atoms in total. The molecule has 4 heterocycles. The van der Waals surface area contributed by atoms with Crippen molar-refractivity contribution in [3.05, 3.63) is 84.8 Å². The summed E-state index contributed by atoms with van der Waals surface area (Å²) in [5, 5.41) is 14.2. The average molecular weight is 601 g/mol. The summed E-state index contributed by atoms with van der Waals surface area (Å²) in [4.78, 5) is 27.5. The van der Waals surface area contributed by atoms with Crippen molar-refractivity contribution in [1.29, 1.82) is 0 Å². The molecular formula is C27H26F6N4O5. The third-order valence-electron chi connectivity index (χ3n) is 6.19. The number of alkyl halides is 6. The minimum atomic E-state index is -5.08.